The van der Waals surface area contributed by atoms with Crippen LogP contribution in [0.25, 0.3) is 0 Å². The minimum Gasteiger partial charge on any atom is -0.476 e. The lowest BCUT2D eigenvalue weighted by atomic mass is 10.0. The van der Waals surface area contributed by atoms with Gasteiger partial charge in [-0.15, -0.1) is 11.3 Å². The van der Waals surface area contributed by atoms with E-state index in [2.05, 4.69) is 29.5 Å². The predicted molar refractivity (Wildman–Crippen MR) is 73.4 cm³/mol. The van der Waals surface area contributed by atoms with Gasteiger partial charge in [-0.2, -0.15) is 0 Å². The van der Waals surface area contributed by atoms with Crippen LogP contribution in [0, 0.1) is 5.92 Å². The number of hydrogen-bond donors (Lipinski definition) is 3. The van der Waals surface area contributed by atoms with E-state index >= 15 is 0 Å². The van der Waals surface area contributed by atoms with E-state index in [-0.39, 0.29) is 24.3 Å². The highest BCUT2D eigenvalue weighted by Gasteiger charge is 2.14. The second kappa shape index (κ2) is 7.08. The molecule has 2 amide bonds. The van der Waals surface area contributed by atoms with Gasteiger partial charge in [0.1, 0.15) is 5.01 Å². The van der Waals surface area contributed by atoms with Crippen molar-refractivity contribution in [3.63, 3.8) is 0 Å². The summed E-state index contributed by atoms with van der Waals surface area (Å²) in [7, 11) is 0. The fourth-order valence-electron chi connectivity index (χ4n) is 1.61. The number of urea groups is 1. The molecule has 0 spiro atoms. The molecule has 0 aliphatic carbocycles. The first kappa shape index (κ1) is 15.4. The van der Waals surface area contributed by atoms with E-state index in [0.717, 1.165) is 6.42 Å². The molecule has 1 rings (SSSR count). The van der Waals surface area contributed by atoms with Crippen LogP contribution < -0.4 is 10.6 Å². The Morgan fingerprint density at radius 3 is 2.63 bits per heavy atom. The molecular weight excluding hydrogens is 266 g/mol. The normalized spacial score (nSPS) is 12.2. The summed E-state index contributed by atoms with van der Waals surface area (Å²) >= 11 is 1.22. The lowest BCUT2D eigenvalue weighted by molar-refractivity contribution is 0.0691. The molecule has 1 atom stereocenters. The smallest absolute Gasteiger partial charge is 0.355 e. The second-order valence-electron chi connectivity index (χ2n) is 4.52. The fourth-order valence-corrected chi connectivity index (χ4v) is 2.31. The van der Waals surface area contributed by atoms with Crippen LogP contribution in [0.4, 0.5) is 4.79 Å². The van der Waals surface area contributed by atoms with Crippen molar-refractivity contribution in [2.75, 3.05) is 0 Å². The fraction of sp³-hybridized carbons (Fsp3) is 0.583. The van der Waals surface area contributed by atoms with E-state index in [1.807, 2.05) is 6.92 Å². The third kappa shape index (κ3) is 4.86. The number of carbonyl (C=O) groups is 2. The van der Waals surface area contributed by atoms with Crippen LogP contribution in [0.3, 0.4) is 0 Å². The zero-order chi connectivity index (χ0) is 14.4. The Labute approximate surface area is 116 Å². The first-order valence-corrected chi connectivity index (χ1v) is 7.04. The van der Waals surface area contributed by atoms with Crippen molar-refractivity contribution < 1.29 is 14.7 Å². The van der Waals surface area contributed by atoms with E-state index in [1.54, 1.807) is 0 Å². The number of rotatable bonds is 6. The number of nitrogens with zero attached hydrogens (tertiary/aromatic N) is 1. The van der Waals surface area contributed by atoms with Crippen molar-refractivity contribution in [3.8, 4) is 0 Å². The number of carbonyl (C=O) groups excluding carboxylic acids is 1. The van der Waals surface area contributed by atoms with Gasteiger partial charge in [0.25, 0.3) is 0 Å². The number of carboxylic acid groups (broad SMARTS) is 1. The molecule has 1 heterocycles. The highest BCUT2D eigenvalue weighted by atomic mass is 32.1. The molecule has 7 heteroatoms. The van der Waals surface area contributed by atoms with Crippen molar-refractivity contribution in [3.05, 3.63) is 16.1 Å². The summed E-state index contributed by atoms with van der Waals surface area (Å²) in [6.45, 7) is 6.35. The van der Waals surface area contributed by atoms with Crippen LogP contribution in [0.15, 0.2) is 5.38 Å². The molecule has 1 aromatic rings. The molecule has 1 unspecified atom stereocenters. The lowest BCUT2D eigenvalue weighted by Gasteiger charge is -2.20. The SMILES string of the molecule is CCC(NC(=O)NCc1nc(C(=O)O)cs1)C(C)C. The maximum Gasteiger partial charge on any atom is 0.355 e. The summed E-state index contributed by atoms with van der Waals surface area (Å²) in [5, 5.41) is 16.3. The van der Waals surface area contributed by atoms with E-state index in [1.165, 1.54) is 16.7 Å². The minimum absolute atomic E-state index is 0.0100. The summed E-state index contributed by atoms with van der Waals surface area (Å²) < 4.78 is 0. The number of thiazole rings is 1. The monoisotopic (exact) mass is 285 g/mol. The van der Waals surface area contributed by atoms with E-state index < -0.39 is 5.97 Å². The van der Waals surface area contributed by atoms with Gasteiger partial charge in [-0.3, -0.25) is 0 Å². The van der Waals surface area contributed by atoms with Crippen LogP contribution in [0.2, 0.25) is 0 Å². The van der Waals surface area contributed by atoms with Gasteiger partial charge < -0.3 is 15.7 Å². The molecule has 0 saturated carbocycles. The van der Waals surface area contributed by atoms with Gasteiger partial charge in [0.2, 0.25) is 0 Å². The largest absolute Gasteiger partial charge is 0.476 e. The zero-order valence-electron chi connectivity index (χ0n) is 11.3. The van der Waals surface area contributed by atoms with Gasteiger partial charge in [0, 0.05) is 11.4 Å². The topological polar surface area (TPSA) is 91.3 Å². The van der Waals surface area contributed by atoms with Crippen LogP contribution in [0.1, 0.15) is 42.7 Å². The average molecular weight is 285 g/mol. The van der Waals surface area contributed by atoms with Crippen molar-refractivity contribution in [2.45, 2.75) is 39.8 Å². The maximum atomic E-state index is 11.7. The van der Waals surface area contributed by atoms with E-state index in [9.17, 15) is 9.59 Å². The molecule has 106 valence electrons. The molecule has 3 N–H and O–H groups in total. The Balaban J connectivity index is 2.43. The minimum atomic E-state index is -1.06. The number of amides is 2. The van der Waals surface area contributed by atoms with E-state index in [4.69, 9.17) is 5.11 Å². The second-order valence-corrected chi connectivity index (χ2v) is 5.46. The van der Waals surface area contributed by atoms with E-state index in [0.29, 0.717) is 10.9 Å². The number of aromatic carboxylic acids is 1. The highest BCUT2D eigenvalue weighted by molar-refractivity contribution is 7.09. The zero-order valence-corrected chi connectivity index (χ0v) is 12.1. The number of carboxylic acids is 1. The molecule has 1 aromatic heterocycles. The quantitative estimate of drug-likeness (QED) is 0.746. The number of aromatic nitrogens is 1. The summed E-state index contributed by atoms with van der Waals surface area (Å²) in [6, 6.07) is -0.126. The highest BCUT2D eigenvalue weighted by Crippen LogP contribution is 2.09. The Hall–Kier alpha value is -1.63. The first-order chi connectivity index (χ1) is 8.93. The molecule has 0 aliphatic heterocycles. The number of nitrogens with one attached hydrogen (secondary N) is 2. The van der Waals surface area contributed by atoms with Gasteiger partial charge in [-0.25, -0.2) is 14.6 Å². The third-order valence-corrected chi connectivity index (χ3v) is 3.58. The average Bonchev–Trinajstić information content (AvgIpc) is 2.82. The molecule has 0 bridgehead atoms. The Morgan fingerprint density at radius 1 is 1.47 bits per heavy atom. The molecule has 6 nitrogen and oxygen atoms in total. The molecule has 0 aliphatic rings. The van der Waals surface area contributed by atoms with Gasteiger partial charge in [-0.1, -0.05) is 20.8 Å². The van der Waals surface area contributed by atoms with Crippen LogP contribution in [0.5, 0.6) is 0 Å². The summed E-state index contributed by atoms with van der Waals surface area (Å²) in [5.41, 5.74) is 0.0100. The molecule has 0 radical (unpaired) electrons. The maximum absolute atomic E-state index is 11.7. The molecule has 0 saturated heterocycles. The Morgan fingerprint density at radius 2 is 2.16 bits per heavy atom. The third-order valence-electron chi connectivity index (χ3n) is 2.73. The lowest BCUT2D eigenvalue weighted by Crippen LogP contribution is -2.43. The summed E-state index contributed by atoms with van der Waals surface area (Å²) in [4.78, 5) is 26.2. The molecule has 0 fully saturated rings. The predicted octanol–water partition coefficient (Wildman–Crippen LogP) is 2.08. The van der Waals surface area contributed by atoms with Crippen LogP contribution in [-0.2, 0) is 6.54 Å². The van der Waals surface area contributed by atoms with Crippen molar-refractivity contribution in [2.24, 2.45) is 5.92 Å². The van der Waals surface area contributed by atoms with Crippen molar-refractivity contribution in [1.82, 2.24) is 15.6 Å². The summed E-state index contributed by atoms with van der Waals surface area (Å²) in [6.07, 6.45) is 0.867. The molecule has 0 aromatic carbocycles. The van der Waals surface area contributed by atoms with Crippen LogP contribution >= 0.6 is 11.3 Å². The van der Waals surface area contributed by atoms with Crippen molar-refractivity contribution in [1.29, 1.82) is 0 Å². The Bertz CT molecular complexity index is 445. The molecule has 19 heavy (non-hydrogen) atoms. The summed E-state index contributed by atoms with van der Waals surface area (Å²) in [5.74, 6) is -0.688. The standard InChI is InChI=1S/C12H19N3O3S/c1-4-8(7(2)3)15-12(18)13-5-10-14-9(6-19-10)11(16)17/h6-8H,4-5H2,1-3H3,(H,16,17)(H2,13,15,18). The van der Waals surface area contributed by atoms with Gasteiger partial charge in [-0.05, 0) is 12.3 Å². The Kier molecular flexibility index (Phi) is 5.75. The van der Waals surface area contributed by atoms with Gasteiger partial charge >= 0.3 is 12.0 Å². The van der Waals surface area contributed by atoms with Gasteiger partial charge in [0.05, 0.1) is 6.54 Å². The van der Waals surface area contributed by atoms with Crippen molar-refractivity contribution >= 4 is 23.3 Å². The number of hydrogen-bond acceptors (Lipinski definition) is 4. The van der Waals surface area contributed by atoms with Gasteiger partial charge in [0.15, 0.2) is 5.69 Å². The molecular formula is C12H19N3O3S. The first-order valence-electron chi connectivity index (χ1n) is 6.16. The van der Waals surface area contributed by atoms with Crippen LogP contribution in [-0.4, -0.2) is 28.1 Å².